The van der Waals surface area contributed by atoms with Crippen LogP contribution in [0.3, 0.4) is 0 Å². The van der Waals surface area contributed by atoms with Crippen LogP contribution in [0.1, 0.15) is 31.9 Å². The first-order chi connectivity index (χ1) is 6.24. The third-order valence-electron chi connectivity index (χ3n) is 2.26. The molecule has 0 amide bonds. The molecule has 0 radical (unpaired) electrons. The molecular weight excluding hydrogens is 158 g/mol. The van der Waals surface area contributed by atoms with Crippen molar-refractivity contribution in [1.29, 1.82) is 0 Å². The quantitative estimate of drug-likeness (QED) is 0.745. The second-order valence-electron chi connectivity index (χ2n) is 3.88. The fourth-order valence-electron chi connectivity index (χ4n) is 1.58. The molecule has 0 fully saturated rings. The van der Waals surface area contributed by atoms with Crippen LogP contribution < -0.4 is 5.32 Å². The van der Waals surface area contributed by atoms with Crippen molar-refractivity contribution in [2.24, 2.45) is 5.92 Å². The summed E-state index contributed by atoms with van der Waals surface area (Å²) in [5.41, 5.74) is 1.39. The van der Waals surface area contributed by atoms with Gasteiger partial charge < -0.3 is 5.32 Å². The van der Waals surface area contributed by atoms with Gasteiger partial charge in [0.25, 0.3) is 0 Å². The van der Waals surface area contributed by atoms with E-state index in [-0.39, 0.29) is 0 Å². The van der Waals surface area contributed by atoms with Gasteiger partial charge in [-0.25, -0.2) is 0 Å². The maximum atomic E-state index is 3.35. The topological polar surface area (TPSA) is 12.0 Å². The molecule has 1 unspecified atom stereocenters. The Hall–Kier alpha value is -0.820. The maximum absolute atomic E-state index is 3.35. The third kappa shape index (κ3) is 3.19. The second kappa shape index (κ2) is 5.03. The summed E-state index contributed by atoms with van der Waals surface area (Å²) in [6.45, 7) is 4.51. The molecular formula is C12H19N. The van der Waals surface area contributed by atoms with Gasteiger partial charge in [-0.2, -0.15) is 0 Å². The first kappa shape index (κ1) is 10.3. The first-order valence-corrected chi connectivity index (χ1v) is 4.96. The van der Waals surface area contributed by atoms with Gasteiger partial charge in [0.1, 0.15) is 0 Å². The summed E-state index contributed by atoms with van der Waals surface area (Å²) in [6.07, 6.45) is 1.19. The average molecular weight is 177 g/mol. The van der Waals surface area contributed by atoms with Crippen molar-refractivity contribution >= 4 is 0 Å². The van der Waals surface area contributed by atoms with Crippen LogP contribution in [0.15, 0.2) is 30.3 Å². The molecule has 1 aromatic rings. The molecule has 0 bridgehead atoms. The number of hydrogen-bond acceptors (Lipinski definition) is 1. The predicted molar refractivity (Wildman–Crippen MR) is 57.7 cm³/mol. The molecule has 1 N–H and O–H groups in total. The molecule has 1 heteroatoms. The Labute approximate surface area is 81.2 Å². The summed E-state index contributed by atoms with van der Waals surface area (Å²) in [5, 5.41) is 3.35. The minimum absolute atomic E-state index is 0.501. The Morgan fingerprint density at radius 3 is 2.23 bits per heavy atom. The van der Waals surface area contributed by atoms with Gasteiger partial charge in [0.15, 0.2) is 0 Å². The highest BCUT2D eigenvalue weighted by Gasteiger charge is 2.09. The highest BCUT2D eigenvalue weighted by Crippen LogP contribution is 2.19. The summed E-state index contributed by atoms with van der Waals surface area (Å²) in [6, 6.07) is 11.1. The van der Waals surface area contributed by atoms with Gasteiger partial charge in [0.05, 0.1) is 0 Å². The van der Waals surface area contributed by atoms with Crippen molar-refractivity contribution in [2.45, 2.75) is 26.3 Å². The highest BCUT2D eigenvalue weighted by molar-refractivity contribution is 5.18. The predicted octanol–water partition coefficient (Wildman–Crippen LogP) is 2.99. The van der Waals surface area contributed by atoms with Crippen LogP contribution in [0.2, 0.25) is 0 Å². The minimum Gasteiger partial charge on any atom is -0.313 e. The van der Waals surface area contributed by atoms with Crippen molar-refractivity contribution in [3.05, 3.63) is 35.9 Å². The molecule has 0 saturated heterocycles. The van der Waals surface area contributed by atoms with Crippen LogP contribution in [-0.4, -0.2) is 7.05 Å². The summed E-state index contributed by atoms with van der Waals surface area (Å²) in [5.74, 6) is 0.734. The lowest BCUT2D eigenvalue weighted by Gasteiger charge is -2.18. The van der Waals surface area contributed by atoms with E-state index in [9.17, 15) is 0 Å². The Morgan fingerprint density at radius 2 is 1.77 bits per heavy atom. The fourth-order valence-corrected chi connectivity index (χ4v) is 1.58. The van der Waals surface area contributed by atoms with Crippen molar-refractivity contribution < 1.29 is 0 Å². The Kier molecular flexibility index (Phi) is 3.97. The molecule has 0 aliphatic heterocycles. The second-order valence-corrected chi connectivity index (χ2v) is 3.88. The summed E-state index contributed by atoms with van der Waals surface area (Å²) < 4.78 is 0. The highest BCUT2D eigenvalue weighted by atomic mass is 14.9. The molecule has 0 aromatic heterocycles. The summed E-state index contributed by atoms with van der Waals surface area (Å²) in [4.78, 5) is 0. The molecule has 1 atom stereocenters. The monoisotopic (exact) mass is 177 g/mol. The molecule has 1 nitrogen and oxygen atoms in total. The van der Waals surface area contributed by atoms with Gasteiger partial charge in [-0.15, -0.1) is 0 Å². The molecule has 0 aliphatic rings. The zero-order chi connectivity index (χ0) is 9.68. The number of hydrogen-bond donors (Lipinski definition) is 1. The van der Waals surface area contributed by atoms with E-state index < -0.39 is 0 Å². The molecule has 72 valence electrons. The van der Waals surface area contributed by atoms with Crippen LogP contribution in [0.4, 0.5) is 0 Å². The third-order valence-corrected chi connectivity index (χ3v) is 2.26. The van der Waals surface area contributed by atoms with E-state index >= 15 is 0 Å². The number of benzene rings is 1. The van der Waals surface area contributed by atoms with Gasteiger partial charge in [-0.3, -0.25) is 0 Å². The smallest absolute Gasteiger partial charge is 0.0319 e. The van der Waals surface area contributed by atoms with Crippen molar-refractivity contribution in [3.8, 4) is 0 Å². The Balaban J connectivity index is 2.67. The lowest BCUT2D eigenvalue weighted by Crippen LogP contribution is -2.18. The molecule has 0 aliphatic carbocycles. The van der Waals surface area contributed by atoms with Gasteiger partial charge in [-0.05, 0) is 24.9 Å². The molecule has 0 spiro atoms. The Bertz CT molecular complexity index is 228. The van der Waals surface area contributed by atoms with E-state index in [4.69, 9.17) is 0 Å². The zero-order valence-electron chi connectivity index (χ0n) is 8.75. The van der Waals surface area contributed by atoms with Crippen molar-refractivity contribution in [2.75, 3.05) is 7.05 Å². The fraction of sp³-hybridized carbons (Fsp3) is 0.500. The molecule has 1 rings (SSSR count). The standard InChI is InChI=1S/C12H19N/c1-10(2)9-12(13-3)11-7-5-4-6-8-11/h4-8,10,12-13H,9H2,1-3H3. The van der Waals surface area contributed by atoms with Crippen LogP contribution >= 0.6 is 0 Å². The summed E-state index contributed by atoms with van der Waals surface area (Å²) >= 11 is 0. The van der Waals surface area contributed by atoms with Crippen LogP contribution in [0.25, 0.3) is 0 Å². The number of rotatable bonds is 4. The lowest BCUT2D eigenvalue weighted by molar-refractivity contribution is 0.457. The van der Waals surface area contributed by atoms with E-state index in [1.54, 1.807) is 0 Å². The molecule has 0 saturated carbocycles. The van der Waals surface area contributed by atoms with E-state index in [2.05, 4.69) is 49.5 Å². The summed E-state index contributed by atoms with van der Waals surface area (Å²) in [7, 11) is 2.03. The average Bonchev–Trinajstić information content (AvgIpc) is 2.15. The van der Waals surface area contributed by atoms with Gasteiger partial charge >= 0.3 is 0 Å². The van der Waals surface area contributed by atoms with E-state index in [1.165, 1.54) is 12.0 Å². The maximum Gasteiger partial charge on any atom is 0.0319 e. The SMILES string of the molecule is CNC(CC(C)C)c1ccccc1. The minimum atomic E-state index is 0.501. The molecule has 0 heterocycles. The normalized spacial score (nSPS) is 13.2. The molecule has 13 heavy (non-hydrogen) atoms. The van der Waals surface area contributed by atoms with Crippen LogP contribution in [0, 0.1) is 5.92 Å². The van der Waals surface area contributed by atoms with Crippen molar-refractivity contribution in [1.82, 2.24) is 5.32 Å². The van der Waals surface area contributed by atoms with Crippen LogP contribution in [0.5, 0.6) is 0 Å². The zero-order valence-corrected chi connectivity index (χ0v) is 8.75. The Morgan fingerprint density at radius 1 is 1.15 bits per heavy atom. The van der Waals surface area contributed by atoms with Gasteiger partial charge in [0, 0.05) is 6.04 Å². The van der Waals surface area contributed by atoms with E-state index in [1.807, 2.05) is 7.05 Å². The first-order valence-electron chi connectivity index (χ1n) is 4.96. The van der Waals surface area contributed by atoms with E-state index in [0.29, 0.717) is 6.04 Å². The van der Waals surface area contributed by atoms with Gasteiger partial charge in [-0.1, -0.05) is 44.2 Å². The number of nitrogens with one attached hydrogen (secondary N) is 1. The molecule has 1 aromatic carbocycles. The van der Waals surface area contributed by atoms with Crippen molar-refractivity contribution in [3.63, 3.8) is 0 Å². The van der Waals surface area contributed by atoms with Crippen LogP contribution in [-0.2, 0) is 0 Å². The largest absolute Gasteiger partial charge is 0.313 e. The van der Waals surface area contributed by atoms with E-state index in [0.717, 1.165) is 5.92 Å². The lowest BCUT2D eigenvalue weighted by atomic mass is 9.97. The van der Waals surface area contributed by atoms with Gasteiger partial charge in [0.2, 0.25) is 0 Å².